The number of methoxy groups -OCH3 is 2. The SMILES string of the molecule is COCC(=O)Nc1cc2c(cc1OC)C(c1cn(C)nc1C)CC(=O)N2. The standard InChI is InChI=1S/C18H22N4O4/c1-10-13(8-22(2)21-10)11-6-17(23)19-14-7-15(20-18(24)9-25-3)16(26-4)5-12(11)14/h5,7-8,11H,6,9H2,1-4H3,(H,19,23)(H,20,24). The van der Waals surface area contributed by atoms with Crippen molar-refractivity contribution >= 4 is 23.2 Å². The van der Waals surface area contributed by atoms with Gasteiger partial charge in [-0.2, -0.15) is 5.10 Å². The highest BCUT2D eigenvalue weighted by molar-refractivity contribution is 5.99. The summed E-state index contributed by atoms with van der Waals surface area (Å²) in [5.41, 5.74) is 3.96. The van der Waals surface area contributed by atoms with E-state index in [2.05, 4.69) is 15.7 Å². The Morgan fingerprint density at radius 3 is 2.77 bits per heavy atom. The zero-order valence-electron chi connectivity index (χ0n) is 15.3. The lowest BCUT2D eigenvalue weighted by atomic mass is 9.84. The number of hydrogen-bond acceptors (Lipinski definition) is 5. The Labute approximate surface area is 151 Å². The minimum atomic E-state index is -0.299. The molecule has 1 aliphatic heterocycles. The van der Waals surface area contributed by atoms with Crippen LogP contribution in [-0.2, 0) is 21.4 Å². The lowest BCUT2D eigenvalue weighted by molar-refractivity contribution is -0.119. The molecule has 1 aromatic heterocycles. The molecule has 1 aromatic carbocycles. The van der Waals surface area contributed by atoms with Gasteiger partial charge in [-0.25, -0.2) is 0 Å². The smallest absolute Gasteiger partial charge is 0.250 e. The summed E-state index contributed by atoms with van der Waals surface area (Å²) in [7, 11) is 4.85. The van der Waals surface area contributed by atoms with E-state index < -0.39 is 0 Å². The Bertz CT molecular complexity index is 859. The van der Waals surface area contributed by atoms with Crippen LogP contribution in [-0.4, -0.2) is 42.4 Å². The van der Waals surface area contributed by atoms with Crippen LogP contribution in [0.4, 0.5) is 11.4 Å². The van der Waals surface area contributed by atoms with Gasteiger partial charge in [0.1, 0.15) is 12.4 Å². The second-order valence-electron chi connectivity index (χ2n) is 6.27. The van der Waals surface area contributed by atoms with Gasteiger partial charge in [0, 0.05) is 43.9 Å². The largest absolute Gasteiger partial charge is 0.495 e. The van der Waals surface area contributed by atoms with Crippen LogP contribution < -0.4 is 15.4 Å². The Morgan fingerprint density at radius 1 is 1.38 bits per heavy atom. The number of hydrogen-bond donors (Lipinski definition) is 2. The molecule has 138 valence electrons. The average molecular weight is 358 g/mol. The molecule has 26 heavy (non-hydrogen) atoms. The number of amides is 2. The van der Waals surface area contributed by atoms with Crippen molar-refractivity contribution in [2.45, 2.75) is 19.3 Å². The molecule has 8 nitrogen and oxygen atoms in total. The minimum absolute atomic E-state index is 0.0654. The van der Waals surface area contributed by atoms with Gasteiger partial charge in [0.05, 0.1) is 18.5 Å². The second-order valence-corrected chi connectivity index (χ2v) is 6.27. The monoisotopic (exact) mass is 358 g/mol. The van der Waals surface area contributed by atoms with Crippen LogP contribution in [0.1, 0.15) is 29.2 Å². The molecule has 1 unspecified atom stereocenters. The highest BCUT2D eigenvalue weighted by atomic mass is 16.5. The van der Waals surface area contributed by atoms with Gasteiger partial charge in [0.2, 0.25) is 11.8 Å². The highest BCUT2D eigenvalue weighted by Crippen LogP contribution is 2.42. The van der Waals surface area contributed by atoms with Crippen molar-refractivity contribution in [3.63, 3.8) is 0 Å². The zero-order valence-corrected chi connectivity index (χ0v) is 15.3. The number of benzene rings is 1. The normalized spacial score (nSPS) is 16.0. The molecule has 3 rings (SSSR count). The molecule has 2 N–H and O–H groups in total. The van der Waals surface area contributed by atoms with E-state index in [1.54, 1.807) is 17.9 Å². The van der Waals surface area contributed by atoms with Gasteiger partial charge in [-0.05, 0) is 24.6 Å². The van der Waals surface area contributed by atoms with E-state index in [0.717, 1.165) is 16.8 Å². The maximum absolute atomic E-state index is 12.2. The molecule has 2 heterocycles. The number of nitrogens with zero attached hydrogens (tertiary/aromatic N) is 2. The van der Waals surface area contributed by atoms with E-state index in [0.29, 0.717) is 23.5 Å². The summed E-state index contributed by atoms with van der Waals surface area (Å²) in [6.45, 7) is 1.86. The quantitative estimate of drug-likeness (QED) is 0.850. The lowest BCUT2D eigenvalue weighted by Crippen LogP contribution is -2.24. The summed E-state index contributed by atoms with van der Waals surface area (Å²) < 4.78 is 12.0. The van der Waals surface area contributed by atoms with Gasteiger partial charge in [0.15, 0.2) is 0 Å². The molecule has 1 aliphatic rings. The van der Waals surface area contributed by atoms with Crippen molar-refractivity contribution in [1.29, 1.82) is 0 Å². The summed E-state index contributed by atoms with van der Waals surface area (Å²) in [5.74, 6) is 0.0265. The molecule has 0 radical (unpaired) electrons. The molecule has 0 aliphatic carbocycles. The average Bonchev–Trinajstić information content (AvgIpc) is 2.92. The van der Waals surface area contributed by atoms with Gasteiger partial charge < -0.3 is 20.1 Å². The van der Waals surface area contributed by atoms with Crippen LogP contribution in [0.15, 0.2) is 18.3 Å². The third kappa shape index (κ3) is 3.41. The number of aryl methyl sites for hydroxylation is 2. The van der Waals surface area contributed by atoms with Crippen molar-refractivity contribution < 1.29 is 19.1 Å². The van der Waals surface area contributed by atoms with Crippen LogP contribution >= 0.6 is 0 Å². The predicted molar refractivity (Wildman–Crippen MR) is 96.5 cm³/mol. The van der Waals surface area contributed by atoms with Crippen LogP contribution in [0.2, 0.25) is 0 Å². The first kappa shape index (κ1) is 17.9. The molecule has 0 fully saturated rings. The maximum atomic E-state index is 12.2. The van der Waals surface area contributed by atoms with Crippen molar-refractivity contribution in [1.82, 2.24) is 9.78 Å². The fraction of sp³-hybridized carbons (Fsp3) is 0.389. The molecule has 0 saturated heterocycles. The fourth-order valence-electron chi connectivity index (χ4n) is 3.31. The topological polar surface area (TPSA) is 94.5 Å². The first-order chi connectivity index (χ1) is 12.4. The van der Waals surface area contributed by atoms with E-state index in [9.17, 15) is 9.59 Å². The number of rotatable bonds is 5. The molecular formula is C18H22N4O4. The number of carbonyl (C=O) groups is 2. The summed E-state index contributed by atoms with van der Waals surface area (Å²) in [5, 5.41) is 10.0. The molecular weight excluding hydrogens is 336 g/mol. The Kier molecular flexibility index (Phi) is 4.94. The molecule has 8 heteroatoms. The van der Waals surface area contributed by atoms with Crippen molar-refractivity contribution in [3.05, 3.63) is 35.2 Å². The van der Waals surface area contributed by atoms with Crippen molar-refractivity contribution in [2.24, 2.45) is 7.05 Å². The lowest BCUT2D eigenvalue weighted by Gasteiger charge is -2.27. The Hall–Kier alpha value is -2.87. The van der Waals surface area contributed by atoms with E-state index >= 15 is 0 Å². The van der Waals surface area contributed by atoms with Gasteiger partial charge in [-0.15, -0.1) is 0 Å². The first-order valence-corrected chi connectivity index (χ1v) is 8.23. The molecule has 0 saturated carbocycles. The number of ether oxygens (including phenoxy) is 2. The van der Waals surface area contributed by atoms with Gasteiger partial charge >= 0.3 is 0 Å². The summed E-state index contributed by atoms with van der Waals surface area (Å²) in [4.78, 5) is 24.1. The zero-order chi connectivity index (χ0) is 18.8. The highest BCUT2D eigenvalue weighted by Gasteiger charge is 2.30. The number of nitrogens with one attached hydrogen (secondary N) is 2. The Balaban J connectivity index is 2.05. The number of aromatic nitrogens is 2. The van der Waals surface area contributed by atoms with E-state index in [4.69, 9.17) is 9.47 Å². The maximum Gasteiger partial charge on any atom is 0.250 e. The second kappa shape index (κ2) is 7.17. The number of fused-ring (bicyclic) bond motifs is 1. The van der Waals surface area contributed by atoms with Crippen molar-refractivity contribution in [3.8, 4) is 5.75 Å². The van der Waals surface area contributed by atoms with Crippen LogP contribution in [0, 0.1) is 6.92 Å². The van der Waals surface area contributed by atoms with Crippen LogP contribution in [0.25, 0.3) is 0 Å². The van der Waals surface area contributed by atoms with Crippen molar-refractivity contribution in [2.75, 3.05) is 31.5 Å². The number of carbonyl (C=O) groups excluding carboxylic acids is 2. The Morgan fingerprint density at radius 2 is 2.15 bits per heavy atom. The van der Waals surface area contributed by atoms with Crippen LogP contribution in [0.3, 0.4) is 0 Å². The number of anilines is 2. The summed E-state index contributed by atoms with van der Waals surface area (Å²) in [6.07, 6.45) is 2.27. The fourth-order valence-corrected chi connectivity index (χ4v) is 3.31. The molecule has 1 atom stereocenters. The van der Waals surface area contributed by atoms with E-state index in [1.807, 2.05) is 26.2 Å². The molecule has 0 bridgehead atoms. The first-order valence-electron chi connectivity index (χ1n) is 8.23. The minimum Gasteiger partial charge on any atom is -0.495 e. The molecule has 0 spiro atoms. The summed E-state index contributed by atoms with van der Waals surface area (Å²) >= 11 is 0. The third-order valence-corrected chi connectivity index (χ3v) is 4.39. The van der Waals surface area contributed by atoms with E-state index in [-0.39, 0.29) is 24.3 Å². The van der Waals surface area contributed by atoms with E-state index in [1.165, 1.54) is 7.11 Å². The molecule has 2 aromatic rings. The third-order valence-electron chi connectivity index (χ3n) is 4.39. The summed E-state index contributed by atoms with van der Waals surface area (Å²) in [6, 6.07) is 3.58. The van der Waals surface area contributed by atoms with Crippen LogP contribution in [0.5, 0.6) is 5.75 Å². The predicted octanol–water partition coefficient (Wildman–Crippen LogP) is 1.80. The molecule has 2 amide bonds. The van der Waals surface area contributed by atoms with Gasteiger partial charge in [0.25, 0.3) is 0 Å². The van der Waals surface area contributed by atoms with Gasteiger partial charge in [-0.3, -0.25) is 14.3 Å². The van der Waals surface area contributed by atoms with Gasteiger partial charge in [-0.1, -0.05) is 0 Å².